The average Bonchev–Trinajstić information content (AvgIpc) is 2.62. The van der Waals surface area contributed by atoms with Crippen molar-refractivity contribution in [1.29, 1.82) is 5.26 Å². The predicted octanol–water partition coefficient (Wildman–Crippen LogP) is 4.02. The molecule has 0 radical (unpaired) electrons. The summed E-state index contributed by atoms with van der Waals surface area (Å²) in [5.41, 5.74) is 1.88. The fraction of sp³-hybridized carbons (Fsp3) is 0.167. The molecule has 0 aliphatic carbocycles. The average molecular weight is 267 g/mol. The van der Waals surface area contributed by atoms with Gasteiger partial charge in [-0.2, -0.15) is 5.26 Å². The first-order chi connectivity index (χ1) is 8.15. The highest BCUT2D eigenvalue weighted by atomic mass is 35.5. The van der Waals surface area contributed by atoms with Crippen LogP contribution in [0.5, 0.6) is 0 Å². The zero-order chi connectivity index (χ0) is 12.4. The predicted molar refractivity (Wildman–Crippen MR) is 66.0 cm³/mol. The quantitative estimate of drug-likeness (QED) is 0.825. The summed E-state index contributed by atoms with van der Waals surface area (Å²) in [6.45, 7) is 1.76. The molecule has 0 spiro atoms. The lowest BCUT2D eigenvalue weighted by Crippen LogP contribution is -1.89. The molecule has 1 aromatic heterocycles. The molecule has 86 valence electrons. The molecule has 0 atom stereocenters. The van der Waals surface area contributed by atoms with Crippen LogP contribution in [0.2, 0.25) is 10.0 Å². The van der Waals surface area contributed by atoms with Crippen molar-refractivity contribution >= 4 is 23.2 Å². The van der Waals surface area contributed by atoms with E-state index in [1.54, 1.807) is 25.1 Å². The second-order valence-corrected chi connectivity index (χ2v) is 4.31. The van der Waals surface area contributed by atoms with Gasteiger partial charge in [-0.15, -0.1) is 0 Å². The van der Waals surface area contributed by atoms with E-state index in [-0.39, 0.29) is 6.42 Å². The van der Waals surface area contributed by atoms with E-state index in [0.717, 1.165) is 5.56 Å². The van der Waals surface area contributed by atoms with Crippen LogP contribution in [0.4, 0.5) is 0 Å². The van der Waals surface area contributed by atoms with Crippen LogP contribution in [0.3, 0.4) is 0 Å². The lowest BCUT2D eigenvalue weighted by molar-refractivity contribution is 0.398. The summed E-state index contributed by atoms with van der Waals surface area (Å²) in [7, 11) is 0. The van der Waals surface area contributed by atoms with Crippen LogP contribution in [-0.4, -0.2) is 5.16 Å². The minimum absolute atomic E-state index is 0.215. The molecule has 0 saturated carbocycles. The fourth-order valence-electron chi connectivity index (χ4n) is 1.60. The summed E-state index contributed by atoms with van der Waals surface area (Å²) in [4.78, 5) is 0. The van der Waals surface area contributed by atoms with Gasteiger partial charge < -0.3 is 4.52 Å². The number of nitrogens with zero attached hydrogens (tertiary/aromatic N) is 2. The van der Waals surface area contributed by atoms with Crippen molar-refractivity contribution in [3.63, 3.8) is 0 Å². The maximum Gasteiger partial charge on any atom is 0.138 e. The van der Waals surface area contributed by atoms with Gasteiger partial charge in [0.1, 0.15) is 11.5 Å². The molecule has 3 nitrogen and oxygen atoms in total. The zero-order valence-electron chi connectivity index (χ0n) is 9.00. The molecular formula is C12H8Cl2N2O. The first kappa shape index (κ1) is 12.0. The lowest BCUT2D eigenvalue weighted by atomic mass is 10.0. The molecule has 2 rings (SSSR count). The summed E-state index contributed by atoms with van der Waals surface area (Å²) >= 11 is 12.2. The molecule has 0 N–H and O–H groups in total. The molecular weight excluding hydrogens is 259 g/mol. The van der Waals surface area contributed by atoms with E-state index in [2.05, 4.69) is 11.2 Å². The monoisotopic (exact) mass is 266 g/mol. The van der Waals surface area contributed by atoms with Crippen LogP contribution in [0.25, 0.3) is 11.3 Å². The van der Waals surface area contributed by atoms with E-state index >= 15 is 0 Å². The molecule has 0 fully saturated rings. The van der Waals surface area contributed by atoms with Crippen LogP contribution >= 0.6 is 23.2 Å². The van der Waals surface area contributed by atoms with Crippen LogP contribution in [0.15, 0.2) is 22.7 Å². The van der Waals surface area contributed by atoms with Crippen molar-refractivity contribution in [2.45, 2.75) is 13.3 Å². The minimum Gasteiger partial charge on any atom is -0.361 e. The Kier molecular flexibility index (Phi) is 3.37. The van der Waals surface area contributed by atoms with Crippen molar-refractivity contribution in [2.75, 3.05) is 0 Å². The largest absolute Gasteiger partial charge is 0.361 e. The second kappa shape index (κ2) is 4.79. The van der Waals surface area contributed by atoms with Gasteiger partial charge in [-0.05, 0) is 19.1 Å². The van der Waals surface area contributed by atoms with E-state index in [1.165, 1.54) is 0 Å². The molecule has 0 aliphatic rings. The fourth-order valence-corrected chi connectivity index (χ4v) is 2.18. The molecule has 5 heteroatoms. The molecule has 0 bridgehead atoms. The summed E-state index contributed by atoms with van der Waals surface area (Å²) in [5, 5.41) is 13.7. The Balaban J connectivity index is 2.65. The Hall–Kier alpha value is -1.50. The van der Waals surface area contributed by atoms with E-state index in [0.29, 0.717) is 27.1 Å². The van der Waals surface area contributed by atoms with Crippen molar-refractivity contribution in [1.82, 2.24) is 5.16 Å². The summed E-state index contributed by atoms with van der Waals surface area (Å²) in [6, 6.07) is 7.28. The lowest BCUT2D eigenvalue weighted by Gasteiger charge is -2.04. The number of benzene rings is 1. The van der Waals surface area contributed by atoms with E-state index in [9.17, 15) is 0 Å². The molecule has 1 aromatic carbocycles. The summed E-state index contributed by atoms with van der Waals surface area (Å²) in [6.07, 6.45) is 0.215. The molecule has 1 heterocycles. The maximum atomic E-state index is 8.79. The van der Waals surface area contributed by atoms with Crippen LogP contribution in [0, 0.1) is 18.3 Å². The van der Waals surface area contributed by atoms with Gasteiger partial charge in [0, 0.05) is 11.1 Å². The number of nitriles is 1. The number of hydrogen-bond acceptors (Lipinski definition) is 3. The molecule has 0 amide bonds. The summed E-state index contributed by atoms with van der Waals surface area (Å²) < 4.78 is 5.09. The van der Waals surface area contributed by atoms with Crippen molar-refractivity contribution in [2.24, 2.45) is 0 Å². The summed E-state index contributed by atoms with van der Waals surface area (Å²) in [5.74, 6) is 0.609. The molecule has 2 aromatic rings. The highest BCUT2D eigenvalue weighted by molar-refractivity contribution is 6.39. The highest BCUT2D eigenvalue weighted by Gasteiger charge is 2.19. The van der Waals surface area contributed by atoms with Crippen LogP contribution < -0.4 is 0 Å². The van der Waals surface area contributed by atoms with E-state index in [4.69, 9.17) is 33.0 Å². The number of hydrogen-bond donors (Lipinski definition) is 0. The molecule has 0 saturated heterocycles. The third kappa shape index (κ3) is 2.14. The Morgan fingerprint density at radius 2 is 2.00 bits per heavy atom. The van der Waals surface area contributed by atoms with Gasteiger partial charge in [0.2, 0.25) is 0 Å². The van der Waals surface area contributed by atoms with Gasteiger partial charge in [0.15, 0.2) is 0 Å². The third-order valence-electron chi connectivity index (χ3n) is 2.44. The van der Waals surface area contributed by atoms with Crippen molar-refractivity contribution in [3.8, 4) is 17.3 Å². The van der Waals surface area contributed by atoms with Gasteiger partial charge >= 0.3 is 0 Å². The van der Waals surface area contributed by atoms with Gasteiger partial charge in [0.25, 0.3) is 0 Å². The highest BCUT2D eigenvalue weighted by Crippen LogP contribution is 2.36. The van der Waals surface area contributed by atoms with E-state index < -0.39 is 0 Å². The Labute approximate surface area is 109 Å². The third-order valence-corrected chi connectivity index (χ3v) is 3.07. The first-order valence-corrected chi connectivity index (χ1v) is 5.67. The SMILES string of the molecule is Cc1onc(-c2c(Cl)cccc2Cl)c1CC#N. The standard InChI is InChI=1S/C12H8Cl2N2O/c1-7-8(5-6-15)12(16-17-7)11-9(13)3-2-4-10(11)14/h2-4H,5H2,1H3. The van der Waals surface area contributed by atoms with Gasteiger partial charge in [-0.25, -0.2) is 0 Å². The number of halogens is 2. The number of aromatic nitrogens is 1. The zero-order valence-corrected chi connectivity index (χ0v) is 10.5. The van der Waals surface area contributed by atoms with Crippen molar-refractivity contribution < 1.29 is 4.52 Å². The van der Waals surface area contributed by atoms with Crippen LogP contribution in [-0.2, 0) is 6.42 Å². The Morgan fingerprint density at radius 3 is 2.59 bits per heavy atom. The smallest absolute Gasteiger partial charge is 0.138 e. The molecule has 0 aliphatic heterocycles. The maximum absolute atomic E-state index is 8.79. The van der Waals surface area contributed by atoms with Gasteiger partial charge in [-0.3, -0.25) is 0 Å². The topological polar surface area (TPSA) is 49.8 Å². The first-order valence-electron chi connectivity index (χ1n) is 4.91. The second-order valence-electron chi connectivity index (χ2n) is 3.50. The minimum atomic E-state index is 0.215. The number of aryl methyl sites for hydroxylation is 1. The van der Waals surface area contributed by atoms with Crippen molar-refractivity contribution in [3.05, 3.63) is 39.6 Å². The molecule has 17 heavy (non-hydrogen) atoms. The molecule has 0 unspecified atom stereocenters. The van der Waals surface area contributed by atoms with Gasteiger partial charge in [0.05, 0.1) is 22.5 Å². The Morgan fingerprint density at radius 1 is 1.35 bits per heavy atom. The van der Waals surface area contributed by atoms with E-state index in [1.807, 2.05) is 0 Å². The van der Waals surface area contributed by atoms with Gasteiger partial charge in [-0.1, -0.05) is 34.4 Å². The normalized spacial score (nSPS) is 10.2. The van der Waals surface area contributed by atoms with Crippen LogP contribution in [0.1, 0.15) is 11.3 Å². The number of rotatable bonds is 2. The Bertz CT molecular complexity index is 579.